The molecule has 0 radical (unpaired) electrons. The molecule has 0 bridgehead atoms. The molecule has 2 aromatic carbocycles. The molecule has 1 amide bonds. The van der Waals surface area contributed by atoms with Crippen LogP contribution in [-0.2, 0) is 22.5 Å². The highest BCUT2D eigenvalue weighted by molar-refractivity contribution is 7.89. The molecule has 0 spiro atoms. The van der Waals surface area contributed by atoms with Crippen molar-refractivity contribution in [3.05, 3.63) is 65.4 Å². The number of rotatable bonds is 4. The molecule has 28 heavy (non-hydrogen) atoms. The third-order valence-corrected chi connectivity index (χ3v) is 6.17. The molecular weight excluding hydrogens is 374 g/mol. The Balaban J connectivity index is 1.86. The van der Waals surface area contributed by atoms with Crippen LogP contribution in [0.3, 0.4) is 0 Å². The number of sulfonamides is 1. The van der Waals surface area contributed by atoms with Gasteiger partial charge in [0.15, 0.2) is 0 Å². The zero-order valence-electron chi connectivity index (χ0n) is 16.7. The Morgan fingerprint density at radius 1 is 1.07 bits per heavy atom. The first-order valence-electron chi connectivity index (χ1n) is 8.98. The molecule has 1 heterocycles. The number of nitrogens with zero attached hydrogens (tertiary/aromatic N) is 1. The van der Waals surface area contributed by atoms with Gasteiger partial charge in [-0.15, -0.1) is 4.83 Å². The lowest BCUT2D eigenvalue weighted by atomic mass is 9.87. The summed E-state index contributed by atoms with van der Waals surface area (Å²) < 4.78 is 27.4. The zero-order valence-corrected chi connectivity index (χ0v) is 17.5. The van der Waals surface area contributed by atoms with Gasteiger partial charge in [0.05, 0.1) is 10.5 Å². The minimum absolute atomic E-state index is 0.151. The molecule has 3 rings (SSSR count). The van der Waals surface area contributed by atoms with Crippen molar-refractivity contribution in [2.24, 2.45) is 7.05 Å². The second-order valence-corrected chi connectivity index (χ2v) is 9.61. The van der Waals surface area contributed by atoms with E-state index in [2.05, 4.69) is 10.3 Å². The maximum absolute atomic E-state index is 12.8. The van der Waals surface area contributed by atoms with Gasteiger partial charge in [-0.3, -0.25) is 10.2 Å². The summed E-state index contributed by atoms with van der Waals surface area (Å²) >= 11 is 0. The number of benzene rings is 2. The van der Waals surface area contributed by atoms with E-state index in [4.69, 9.17) is 0 Å². The van der Waals surface area contributed by atoms with Crippen molar-refractivity contribution in [2.45, 2.75) is 38.0 Å². The van der Waals surface area contributed by atoms with E-state index in [9.17, 15) is 13.2 Å². The molecule has 0 saturated heterocycles. The fraction of sp³-hybridized carbons (Fsp3) is 0.286. The molecule has 0 unspecified atom stereocenters. The van der Waals surface area contributed by atoms with Gasteiger partial charge in [0.25, 0.3) is 15.9 Å². The number of hydrogen-bond donors (Lipinski definition) is 2. The quantitative estimate of drug-likeness (QED) is 0.660. The Hall–Kier alpha value is -2.64. The van der Waals surface area contributed by atoms with Crippen LogP contribution in [0.5, 0.6) is 0 Å². The van der Waals surface area contributed by atoms with E-state index in [0.717, 1.165) is 16.5 Å². The molecule has 0 fully saturated rings. The van der Waals surface area contributed by atoms with Crippen molar-refractivity contribution in [3.8, 4) is 0 Å². The molecular formula is C21H25N3O3S. The number of hydrogen-bond acceptors (Lipinski definition) is 3. The van der Waals surface area contributed by atoms with Crippen LogP contribution in [0, 0.1) is 6.92 Å². The van der Waals surface area contributed by atoms with Crippen LogP contribution in [0.2, 0.25) is 0 Å². The zero-order chi connectivity index (χ0) is 20.7. The lowest BCUT2D eigenvalue weighted by Crippen LogP contribution is -2.41. The Labute approximate surface area is 165 Å². The van der Waals surface area contributed by atoms with Gasteiger partial charge in [-0.25, -0.2) is 8.42 Å². The number of hydrazine groups is 1. The minimum atomic E-state index is -3.91. The molecule has 1 aromatic heterocycles. The van der Waals surface area contributed by atoms with Crippen LogP contribution in [0.25, 0.3) is 10.9 Å². The lowest BCUT2D eigenvalue weighted by Gasteiger charge is -2.21. The van der Waals surface area contributed by atoms with Crippen molar-refractivity contribution < 1.29 is 13.2 Å². The van der Waals surface area contributed by atoms with Crippen molar-refractivity contribution in [2.75, 3.05) is 0 Å². The summed E-state index contributed by atoms with van der Waals surface area (Å²) in [5, 5.41) is 0.757. The molecule has 0 aliphatic carbocycles. The Kier molecular flexibility index (Phi) is 5.08. The van der Waals surface area contributed by atoms with Crippen molar-refractivity contribution in [3.63, 3.8) is 0 Å². The molecule has 0 aliphatic heterocycles. The smallest absolute Gasteiger partial charge is 0.268 e. The lowest BCUT2D eigenvalue weighted by molar-refractivity contribution is 0.0946. The average molecular weight is 400 g/mol. The summed E-state index contributed by atoms with van der Waals surface area (Å²) in [6.45, 7) is 7.78. The Bertz CT molecular complexity index is 1160. The molecule has 6 nitrogen and oxygen atoms in total. The number of carbonyl (C=O) groups is 1. The normalized spacial score (nSPS) is 12.3. The number of carbonyl (C=O) groups excluding carboxylic acids is 1. The third kappa shape index (κ3) is 3.81. The summed E-state index contributed by atoms with van der Waals surface area (Å²) in [6, 6.07) is 12.8. The van der Waals surface area contributed by atoms with Gasteiger partial charge in [0.1, 0.15) is 0 Å². The van der Waals surface area contributed by atoms with Gasteiger partial charge < -0.3 is 4.57 Å². The van der Waals surface area contributed by atoms with E-state index in [1.54, 1.807) is 25.3 Å². The summed E-state index contributed by atoms with van der Waals surface area (Å²) in [4.78, 5) is 15.0. The highest BCUT2D eigenvalue weighted by atomic mass is 32.2. The highest BCUT2D eigenvalue weighted by Crippen LogP contribution is 2.26. The first-order valence-corrected chi connectivity index (χ1v) is 10.5. The van der Waals surface area contributed by atoms with Crippen LogP contribution in [-0.4, -0.2) is 18.9 Å². The summed E-state index contributed by atoms with van der Waals surface area (Å²) in [5.74, 6) is -0.509. The van der Waals surface area contributed by atoms with E-state index in [1.165, 1.54) is 0 Å². The molecule has 3 aromatic rings. The number of aromatic nitrogens is 1. The van der Waals surface area contributed by atoms with Crippen LogP contribution in [0.4, 0.5) is 0 Å². The molecule has 0 atom stereocenters. The van der Waals surface area contributed by atoms with E-state index >= 15 is 0 Å². The van der Waals surface area contributed by atoms with Crippen molar-refractivity contribution >= 4 is 26.8 Å². The standard InChI is InChI=1S/C21H25N3O3S/c1-14-10-11-15(21(2,3)4)12-19(14)28(26,27)23-22-20(25)17-13-24(5)18-9-7-6-8-16(17)18/h6-13,23H,1-5H3,(H,22,25). The van der Waals surface area contributed by atoms with Gasteiger partial charge in [0.2, 0.25) is 0 Å². The first kappa shape index (κ1) is 20.1. The monoisotopic (exact) mass is 399 g/mol. The molecule has 0 aliphatic rings. The van der Waals surface area contributed by atoms with Crippen molar-refractivity contribution in [1.82, 2.24) is 14.8 Å². The summed E-state index contributed by atoms with van der Waals surface area (Å²) in [5.41, 5.74) is 4.96. The minimum Gasteiger partial charge on any atom is -0.350 e. The van der Waals surface area contributed by atoms with E-state index < -0.39 is 15.9 Å². The van der Waals surface area contributed by atoms with Gasteiger partial charge >= 0.3 is 0 Å². The summed E-state index contributed by atoms with van der Waals surface area (Å²) in [7, 11) is -2.07. The van der Waals surface area contributed by atoms with Gasteiger partial charge in [-0.05, 0) is 35.6 Å². The number of aryl methyl sites for hydroxylation is 2. The maximum Gasteiger partial charge on any atom is 0.268 e. The predicted octanol–water partition coefficient (Wildman–Crippen LogP) is 3.41. The van der Waals surface area contributed by atoms with Gasteiger partial charge in [0, 0.05) is 24.1 Å². The second kappa shape index (κ2) is 7.07. The van der Waals surface area contributed by atoms with Gasteiger partial charge in [-0.1, -0.05) is 51.1 Å². The van der Waals surface area contributed by atoms with Crippen LogP contribution in [0.1, 0.15) is 42.3 Å². The topological polar surface area (TPSA) is 80.2 Å². The third-order valence-electron chi connectivity index (χ3n) is 4.78. The van der Waals surface area contributed by atoms with Gasteiger partial charge in [-0.2, -0.15) is 0 Å². The fourth-order valence-corrected chi connectivity index (χ4v) is 4.23. The number of amides is 1. The Morgan fingerprint density at radius 2 is 1.75 bits per heavy atom. The van der Waals surface area contributed by atoms with E-state index in [0.29, 0.717) is 11.1 Å². The predicted molar refractivity (Wildman–Crippen MR) is 111 cm³/mol. The largest absolute Gasteiger partial charge is 0.350 e. The number of fused-ring (bicyclic) bond motifs is 1. The molecule has 0 saturated carbocycles. The van der Waals surface area contributed by atoms with Crippen LogP contribution >= 0.6 is 0 Å². The Morgan fingerprint density at radius 3 is 2.43 bits per heavy atom. The van der Waals surface area contributed by atoms with Crippen molar-refractivity contribution in [1.29, 1.82) is 0 Å². The van der Waals surface area contributed by atoms with E-state index in [1.807, 2.05) is 62.7 Å². The fourth-order valence-electron chi connectivity index (χ4n) is 3.11. The number of nitrogens with one attached hydrogen (secondary N) is 2. The SMILES string of the molecule is Cc1ccc(C(C)(C)C)cc1S(=O)(=O)NNC(=O)c1cn(C)c2ccccc12. The molecule has 148 valence electrons. The summed E-state index contributed by atoms with van der Waals surface area (Å²) in [6.07, 6.45) is 1.68. The van der Waals surface area contributed by atoms with Crippen LogP contribution in [0.15, 0.2) is 53.6 Å². The average Bonchev–Trinajstić information content (AvgIpc) is 2.96. The first-order chi connectivity index (χ1) is 13.0. The maximum atomic E-state index is 12.8. The molecule has 7 heteroatoms. The second-order valence-electron chi connectivity index (χ2n) is 7.96. The van der Waals surface area contributed by atoms with E-state index in [-0.39, 0.29) is 10.3 Å². The highest BCUT2D eigenvalue weighted by Gasteiger charge is 2.23. The number of para-hydroxylation sites is 1. The molecule has 2 N–H and O–H groups in total. The van der Waals surface area contributed by atoms with Crippen LogP contribution < -0.4 is 10.3 Å².